The van der Waals surface area contributed by atoms with Gasteiger partial charge in [0.25, 0.3) is 0 Å². The Kier molecular flexibility index (Phi) is 4.83. The van der Waals surface area contributed by atoms with Crippen LogP contribution in [0.5, 0.6) is 0 Å². The van der Waals surface area contributed by atoms with Crippen LogP contribution in [0.2, 0.25) is 0 Å². The molecular formula is C16H24N2O. The van der Waals surface area contributed by atoms with E-state index in [1.165, 1.54) is 5.69 Å². The zero-order valence-corrected chi connectivity index (χ0v) is 11.9. The maximum absolute atomic E-state index is 11.6. The summed E-state index contributed by atoms with van der Waals surface area (Å²) in [4.78, 5) is 14.0. The molecule has 1 aliphatic rings. The van der Waals surface area contributed by atoms with Crippen LogP contribution >= 0.6 is 0 Å². The first-order chi connectivity index (χ1) is 9.15. The van der Waals surface area contributed by atoms with Gasteiger partial charge in [-0.3, -0.25) is 4.79 Å². The topological polar surface area (TPSA) is 32.3 Å². The predicted molar refractivity (Wildman–Crippen MR) is 79.2 cm³/mol. The van der Waals surface area contributed by atoms with Crippen LogP contribution in [-0.4, -0.2) is 25.5 Å². The highest BCUT2D eigenvalue weighted by Crippen LogP contribution is 2.22. The Bertz CT molecular complexity index is 402. The molecule has 0 spiro atoms. The number of hydrogen-bond donors (Lipinski definition) is 1. The van der Waals surface area contributed by atoms with E-state index in [-0.39, 0.29) is 5.91 Å². The van der Waals surface area contributed by atoms with Crippen molar-refractivity contribution in [3.05, 3.63) is 30.3 Å². The molecule has 0 aromatic heterocycles. The summed E-state index contributed by atoms with van der Waals surface area (Å²) in [6, 6.07) is 10.5. The maximum Gasteiger partial charge on any atom is 0.220 e. The van der Waals surface area contributed by atoms with Gasteiger partial charge in [-0.25, -0.2) is 0 Å². The summed E-state index contributed by atoms with van der Waals surface area (Å²) in [5, 5.41) is 3.06. The lowest BCUT2D eigenvalue weighted by Crippen LogP contribution is -2.31. The van der Waals surface area contributed by atoms with Crippen LogP contribution in [0, 0.1) is 11.8 Å². The summed E-state index contributed by atoms with van der Waals surface area (Å²) in [7, 11) is 0. The minimum Gasteiger partial charge on any atom is -0.371 e. The monoisotopic (exact) mass is 260 g/mol. The molecular weight excluding hydrogens is 236 g/mol. The zero-order valence-electron chi connectivity index (χ0n) is 11.9. The minimum atomic E-state index is 0.188. The first-order valence-corrected chi connectivity index (χ1v) is 7.22. The van der Waals surface area contributed by atoms with Crippen LogP contribution in [0.1, 0.15) is 26.7 Å². The fraction of sp³-hybridized carbons (Fsp3) is 0.562. The largest absolute Gasteiger partial charge is 0.371 e. The molecule has 1 heterocycles. The van der Waals surface area contributed by atoms with Gasteiger partial charge in [-0.1, -0.05) is 32.0 Å². The van der Waals surface area contributed by atoms with Crippen molar-refractivity contribution in [2.45, 2.75) is 26.7 Å². The van der Waals surface area contributed by atoms with Crippen molar-refractivity contribution in [1.82, 2.24) is 5.32 Å². The van der Waals surface area contributed by atoms with Gasteiger partial charge >= 0.3 is 0 Å². The number of para-hydroxylation sites is 1. The van der Waals surface area contributed by atoms with Gasteiger partial charge in [0.05, 0.1) is 0 Å². The molecule has 1 amide bonds. The van der Waals surface area contributed by atoms with Crippen molar-refractivity contribution in [2.24, 2.45) is 11.8 Å². The third-order valence-electron chi connectivity index (χ3n) is 3.59. The smallest absolute Gasteiger partial charge is 0.220 e. The first-order valence-electron chi connectivity index (χ1n) is 7.22. The average molecular weight is 260 g/mol. The number of anilines is 1. The number of hydrogen-bond acceptors (Lipinski definition) is 2. The second-order valence-electron chi connectivity index (χ2n) is 5.84. The Morgan fingerprint density at radius 1 is 1.37 bits per heavy atom. The molecule has 3 nitrogen and oxygen atoms in total. The molecule has 0 bridgehead atoms. The number of nitrogens with one attached hydrogen (secondary N) is 1. The molecule has 3 heteroatoms. The standard InChI is InChI=1S/C16H24N2O/c1-13(2)10-16(19)17-11-14-8-9-18(12-14)15-6-4-3-5-7-15/h3-7,13-14H,8-12H2,1-2H3,(H,17,19). The molecule has 1 fully saturated rings. The molecule has 19 heavy (non-hydrogen) atoms. The number of carbonyl (C=O) groups excluding carboxylic acids is 1. The number of nitrogens with zero attached hydrogens (tertiary/aromatic N) is 1. The Balaban J connectivity index is 1.75. The fourth-order valence-corrected chi connectivity index (χ4v) is 2.57. The molecule has 1 aliphatic heterocycles. The van der Waals surface area contributed by atoms with Gasteiger partial charge in [-0.05, 0) is 30.4 Å². The summed E-state index contributed by atoms with van der Waals surface area (Å²) < 4.78 is 0. The van der Waals surface area contributed by atoms with Crippen molar-refractivity contribution >= 4 is 11.6 Å². The highest BCUT2D eigenvalue weighted by Gasteiger charge is 2.22. The summed E-state index contributed by atoms with van der Waals surface area (Å²) in [6.07, 6.45) is 1.80. The highest BCUT2D eigenvalue weighted by molar-refractivity contribution is 5.76. The molecule has 1 aromatic carbocycles. The predicted octanol–water partition coefficient (Wildman–Crippen LogP) is 2.68. The quantitative estimate of drug-likeness (QED) is 0.883. The summed E-state index contributed by atoms with van der Waals surface area (Å²) in [5.74, 6) is 1.20. The van der Waals surface area contributed by atoms with Gasteiger partial charge in [-0.2, -0.15) is 0 Å². The van der Waals surface area contributed by atoms with Gasteiger partial charge in [0.2, 0.25) is 5.91 Å². The Morgan fingerprint density at radius 2 is 2.11 bits per heavy atom. The third kappa shape index (κ3) is 4.27. The summed E-state index contributed by atoms with van der Waals surface area (Å²) in [5.41, 5.74) is 1.29. The minimum absolute atomic E-state index is 0.188. The normalized spacial score (nSPS) is 18.9. The lowest BCUT2D eigenvalue weighted by molar-refractivity contribution is -0.121. The van der Waals surface area contributed by atoms with Crippen LogP contribution in [-0.2, 0) is 4.79 Å². The molecule has 2 rings (SSSR count). The number of amides is 1. The van der Waals surface area contributed by atoms with Crippen molar-refractivity contribution in [3.63, 3.8) is 0 Å². The van der Waals surface area contributed by atoms with Crippen LogP contribution < -0.4 is 10.2 Å². The van der Waals surface area contributed by atoms with E-state index in [1.807, 2.05) is 6.07 Å². The number of carbonyl (C=O) groups is 1. The molecule has 1 N–H and O–H groups in total. The summed E-state index contributed by atoms with van der Waals surface area (Å²) in [6.45, 7) is 7.11. The van der Waals surface area contributed by atoms with E-state index < -0.39 is 0 Å². The van der Waals surface area contributed by atoms with Gasteiger partial charge in [0.15, 0.2) is 0 Å². The Morgan fingerprint density at radius 3 is 2.79 bits per heavy atom. The van der Waals surface area contributed by atoms with E-state index in [0.717, 1.165) is 26.1 Å². The van der Waals surface area contributed by atoms with Gasteiger partial charge in [-0.15, -0.1) is 0 Å². The second kappa shape index (κ2) is 6.60. The van der Waals surface area contributed by atoms with E-state index in [1.54, 1.807) is 0 Å². The van der Waals surface area contributed by atoms with Crippen LogP contribution in [0.25, 0.3) is 0 Å². The summed E-state index contributed by atoms with van der Waals surface area (Å²) >= 11 is 0. The lowest BCUT2D eigenvalue weighted by atomic mass is 10.1. The van der Waals surface area contributed by atoms with E-state index in [9.17, 15) is 4.79 Å². The number of benzene rings is 1. The molecule has 1 unspecified atom stereocenters. The van der Waals surface area contributed by atoms with Crippen LogP contribution in [0.3, 0.4) is 0 Å². The maximum atomic E-state index is 11.6. The van der Waals surface area contributed by atoms with Gasteiger partial charge in [0, 0.05) is 31.7 Å². The van der Waals surface area contributed by atoms with Crippen molar-refractivity contribution in [1.29, 1.82) is 0 Å². The lowest BCUT2D eigenvalue weighted by Gasteiger charge is -2.18. The van der Waals surface area contributed by atoms with E-state index in [4.69, 9.17) is 0 Å². The molecule has 1 aromatic rings. The third-order valence-corrected chi connectivity index (χ3v) is 3.59. The Labute approximate surface area is 116 Å². The van der Waals surface area contributed by atoms with Crippen LogP contribution in [0.15, 0.2) is 30.3 Å². The fourth-order valence-electron chi connectivity index (χ4n) is 2.57. The molecule has 0 saturated carbocycles. The first kappa shape index (κ1) is 13.9. The van der Waals surface area contributed by atoms with Gasteiger partial charge < -0.3 is 10.2 Å². The van der Waals surface area contributed by atoms with E-state index >= 15 is 0 Å². The second-order valence-corrected chi connectivity index (χ2v) is 5.84. The molecule has 0 aliphatic carbocycles. The molecule has 0 radical (unpaired) electrons. The van der Waals surface area contributed by atoms with Crippen molar-refractivity contribution in [2.75, 3.05) is 24.5 Å². The SMILES string of the molecule is CC(C)CC(=O)NCC1CCN(c2ccccc2)C1. The van der Waals surface area contributed by atoms with Crippen molar-refractivity contribution in [3.8, 4) is 0 Å². The van der Waals surface area contributed by atoms with E-state index in [2.05, 4.69) is 48.3 Å². The Hall–Kier alpha value is -1.51. The van der Waals surface area contributed by atoms with Gasteiger partial charge in [0.1, 0.15) is 0 Å². The molecule has 104 valence electrons. The molecule has 1 saturated heterocycles. The van der Waals surface area contributed by atoms with Crippen LogP contribution in [0.4, 0.5) is 5.69 Å². The average Bonchev–Trinajstić information content (AvgIpc) is 2.85. The van der Waals surface area contributed by atoms with E-state index in [0.29, 0.717) is 18.3 Å². The number of rotatable bonds is 5. The van der Waals surface area contributed by atoms with Crippen molar-refractivity contribution < 1.29 is 4.79 Å². The molecule has 1 atom stereocenters. The highest BCUT2D eigenvalue weighted by atomic mass is 16.1. The zero-order chi connectivity index (χ0) is 13.7.